The zero-order chi connectivity index (χ0) is 16.1. The maximum absolute atomic E-state index is 12.2. The van der Waals surface area contributed by atoms with E-state index in [2.05, 4.69) is 24.3 Å². The largest absolute Gasteiger partial charge is 0.504 e. The highest BCUT2D eigenvalue weighted by Crippen LogP contribution is 2.18. The van der Waals surface area contributed by atoms with Gasteiger partial charge in [-0.2, -0.15) is 5.10 Å². The van der Waals surface area contributed by atoms with Gasteiger partial charge in [0.15, 0.2) is 11.4 Å². The zero-order valence-corrected chi connectivity index (χ0v) is 13.3. The van der Waals surface area contributed by atoms with E-state index in [1.165, 1.54) is 10.9 Å². The summed E-state index contributed by atoms with van der Waals surface area (Å²) in [5.41, 5.74) is 0.852. The highest BCUT2D eigenvalue weighted by atomic mass is 16.3. The number of para-hydroxylation sites is 1. The second kappa shape index (κ2) is 7.11. The number of carbonyl (C=O) groups is 1. The first-order valence-electron chi connectivity index (χ1n) is 7.62. The van der Waals surface area contributed by atoms with Gasteiger partial charge in [0.25, 0.3) is 5.91 Å². The van der Waals surface area contributed by atoms with Crippen molar-refractivity contribution in [1.29, 1.82) is 0 Å². The van der Waals surface area contributed by atoms with Gasteiger partial charge in [-0.3, -0.25) is 4.79 Å². The predicted molar refractivity (Wildman–Crippen MR) is 86.2 cm³/mol. The van der Waals surface area contributed by atoms with Crippen molar-refractivity contribution >= 4 is 5.91 Å². The summed E-state index contributed by atoms with van der Waals surface area (Å²) >= 11 is 0. The van der Waals surface area contributed by atoms with Crippen LogP contribution in [0.1, 0.15) is 44.1 Å². The van der Waals surface area contributed by atoms with Crippen LogP contribution < -0.4 is 5.32 Å². The number of carbonyl (C=O) groups excluding carboxylic acids is 1. The molecule has 1 amide bonds. The normalized spacial score (nSPS) is 12.4. The molecule has 1 aromatic carbocycles. The summed E-state index contributed by atoms with van der Waals surface area (Å²) < 4.78 is 1.50. The summed E-state index contributed by atoms with van der Waals surface area (Å²) in [6, 6.07) is 9.43. The van der Waals surface area contributed by atoms with Crippen molar-refractivity contribution < 1.29 is 9.90 Å². The van der Waals surface area contributed by atoms with Crippen LogP contribution in [0, 0.1) is 5.92 Å². The van der Waals surface area contributed by atoms with Gasteiger partial charge in [0.2, 0.25) is 0 Å². The molecule has 118 valence electrons. The first-order chi connectivity index (χ1) is 10.5. The molecule has 0 saturated heterocycles. The molecule has 0 aliphatic carbocycles. The van der Waals surface area contributed by atoms with E-state index in [1.807, 2.05) is 37.3 Å². The van der Waals surface area contributed by atoms with E-state index < -0.39 is 0 Å². The number of rotatable bonds is 6. The Morgan fingerprint density at radius 1 is 1.23 bits per heavy atom. The first kappa shape index (κ1) is 16.1. The van der Waals surface area contributed by atoms with Crippen molar-refractivity contribution in [3.63, 3.8) is 0 Å². The van der Waals surface area contributed by atoms with Crippen LogP contribution in [-0.2, 0) is 0 Å². The summed E-state index contributed by atoms with van der Waals surface area (Å²) in [5, 5.41) is 17.0. The van der Waals surface area contributed by atoms with Gasteiger partial charge in [0.05, 0.1) is 11.9 Å². The smallest absolute Gasteiger partial charge is 0.275 e. The minimum absolute atomic E-state index is 0.0520. The Hall–Kier alpha value is -2.30. The van der Waals surface area contributed by atoms with Gasteiger partial charge < -0.3 is 10.4 Å². The standard InChI is InChI=1S/C17H23N3O2/c1-12(2)9-10-13(3)18-17(22)16-15(21)11-20(19-16)14-7-5-4-6-8-14/h4-8,11-13,21H,9-10H2,1-3H3,(H,18,22). The fourth-order valence-electron chi connectivity index (χ4n) is 2.19. The van der Waals surface area contributed by atoms with Crippen molar-refractivity contribution in [3.05, 3.63) is 42.2 Å². The van der Waals surface area contributed by atoms with Crippen LogP contribution in [0.2, 0.25) is 0 Å². The third-order valence-corrected chi connectivity index (χ3v) is 3.49. The molecule has 1 unspecified atom stereocenters. The van der Waals surface area contributed by atoms with E-state index in [1.54, 1.807) is 0 Å². The van der Waals surface area contributed by atoms with E-state index >= 15 is 0 Å². The highest BCUT2D eigenvalue weighted by molar-refractivity contribution is 5.94. The second-order valence-electron chi connectivity index (χ2n) is 5.99. The SMILES string of the molecule is CC(C)CCC(C)NC(=O)c1nn(-c2ccccc2)cc1O. The summed E-state index contributed by atoms with van der Waals surface area (Å²) in [4.78, 5) is 12.2. The average molecular weight is 301 g/mol. The Morgan fingerprint density at radius 2 is 1.91 bits per heavy atom. The van der Waals surface area contributed by atoms with Crippen LogP contribution in [0.25, 0.3) is 5.69 Å². The lowest BCUT2D eigenvalue weighted by atomic mass is 10.0. The number of hydrogen-bond acceptors (Lipinski definition) is 3. The van der Waals surface area contributed by atoms with E-state index in [0.717, 1.165) is 18.5 Å². The molecule has 0 aliphatic rings. The monoisotopic (exact) mass is 301 g/mol. The van der Waals surface area contributed by atoms with Crippen molar-refractivity contribution in [2.24, 2.45) is 5.92 Å². The van der Waals surface area contributed by atoms with Crippen LogP contribution >= 0.6 is 0 Å². The van der Waals surface area contributed by atoms with Gasteiger partial charge in [-0.25, -0.2) is 4.68 Å². The molecular weight excluding hydrogens is 278 g/mol. The number of aromatic nitrogens is 2. The van der Waals surface area contributed by atoms with Gasteiger partial charge >= 0.3 is 0 Å². The van der Waals surface area contributed by atoms with Crippen LogP contribution in [0.3, 0.4) is 0 Å². The van der Waals surface area contributed by atoms with Crippen molar-refractivity contribution in [2.75, 3.05) is 0 Å². The van der Waals surface area contributed by atoms with Gasteiger partial charge in [-0.05, 0) is 37.8 Å². The first-order valence-corrected chi connectivity index (χ1v) is 7.62. The van der Waals surface area contributed by atoms with Crippen molar-refractivity contribution in [1.82, 2.24) is 15.1 Å². The molecule has 1 heterocycles. The lowest BCUT2D eigenvalue weighted by Gasteiger charge is -2.14. The molecule has 22 heavy (non-hydrogen) atoms. The molecule has 0 spiro atoms. The molecule has 2 rings (SSSR count). The molecule has 0 aliphatic heterocycles. The number of hydrogen-bond donors (Lipinski definition) is 2. The topological polar surface area (TPSA) is 67.2 Å². The van der Waals surface area contributed by atoms with E-state index in [9.17, 15) is 9.90 Å². The minimum atomic E-state index is -0.344. The number of benzene rings is 1. The maximum Gasteiger partial charge on any atom is 0.275 e. The van der Waals surface area contributed by atoms with E-state index in [0.29, 0.717) is 5.92 Å². The molecule has 1 aromatic heterocycles. The molecular formula is C17H23N3O2. The number of aromatic hydroxyl groups is 1. The molecule has 2 N–H and O–H groups in total. The maximum atomic E-state index is 12.2. The van der Waals surface area contributed by atoms with Gasteiger partial charge in [-0.15, -0.1) is 0 Å². The summed E-state index contributed by atoms with van der Waals surface area (Å²) in [7, 11) is 0. The quantitative estimate of drug-likeness (QED) is 0.861. The Balaban J connectivity index is 2.06. The van der Waals surface area contributed by atoms with Crippen molar-refractivity contribution in [2.45, 2.75) is 39.7 Å². The lowest BCUT2D eigenvalue weighted by molar-refractivity contribution is 0.0929. The highest BCUT2D eigenvalue weighted by Gasteiger charge is 2.18. The number of amides is 1. The van der Waals surface area contributed by atoms with E-state index in [4.69, 9.17) is 0 Å². The average Bonchev–Trinajstić information content (AvgIpc) is 2.88. The van der Waals surface area contributed by atoms with Gasteiger partial charge in [0, 0.05) is 6.04 Å². The molecule has 0 saturated carbocycles. The van der Waals surface area contributed by atoms with E-state index in [-0.39, 0.29) is 23.4 Å². The Labute approximate surface area is 131 Å². The van der Waals surface area contributed by atoms with Crippen molar-refractivity contribution in [3.8, 4) is 11.4 Å². The third kappa shape index (κ3) is 4.10. The van der Waals surface area contributed by atoms with Crippen LogP contribution in [0.4, 0.5) is 0 Å². The van der Waals surface area contributed by atoms with Crippen LogP contribution in [0.5, 0.6) is 5.75 Å². The zero-order valence-electron chi connectivity index (χ0n) is 13.3. The second-order valence-corrected chi connectivity index (χ2v) is 5.99. The summed E-state index contributed by atoms with van der Waals surface area (Å²) in [6.07, 6.45) is 3.40. The Morgan fingerprint density at radius 3 is 2.55 bits per heavy atom. The minimum Gasteiger partial charge on any atom is -0.504 e. The predicted octanol–water partition coefficient (Wildman–Crippen LogP) is 3.13. The number of nitrogens with zero attached hydrogens (tertiary/aromatic N) is 2. The molecule has 0 fully saturated rings. The lowest BCUT2D eigenvalue weighted by Crippen LogP contribution is -2.33. The number of nitrogens with one attached hydrogen (secondary N) is 1. The van der Waals surface area contributed by atoms with Crippen LogP contribution in [0.15, 0.2) is 36.5 Å². The fraction of sp³-hybridized carbons (Fsp3) is 0.412. The molecule has 0 radical (unpaired) electrons. The molecule has 1 atom stereocenters. The molecule has 2 aromatic rings. The molecule has 0 bridgehead atoms. The summed E-state index contributed by atoms with van der Waals surface area (Å²) in [6.45, 7) is 6.27. The van der Waals surface area contributed by atoms with Gasteiger partial charge in [0.1, 0.15) is 0 Å². The fourth-order valence-corrected chi connectivity index (χ4v) is 2.19. The van der Waals surface area contributed by atoms with Crippen LogP contribution in [-0.4, -0.2) is 26.8 Å². The summed E-state index contributed by atoms with van der Waals surface area (Å²) in [5.74, 6) is 0.144. The molecule has 5 nitrogen and oxygen atoms in total. The molecule has 5 heteroatoms. The van der Waals surface area contributed by atoms with Gasteiger partial charge in [-0.1, -0.05) is 32.0 Å². The Bertz CT molecular complexity index is 620. The third-order valence-electron chi connectivity index (χ3n) is 3.49. The Kier molecular flexibility index (Phi) is 5.20.